The minimum Gasteiger partial charge on any atom is -0.478 e. The number of amides is 1. The highest BCUT2D eigenvalue weighted by atomic mass is 19.3. The van der Waals surface area contributed by atoms with Crippen molar-refractivity contribution in [2.75, 3.05) is 5.32 Å². The summed E-state index contributed by atoms with van der Waals surface area (Å²) in [4.78, 5) is 23.1. The number of nitrogens with zero attached hydrogens (tertiary/aromatic N) is 4. The first-order valence-electron chi connectivity index (χ1n) is 5.76. The molecule has 2 heterocycles. The summed E-state index contributed by atoms with van der Waals surface area (Å²) in [5.74, 6) is -2.05. The number of carbonyl (C=O) groups is 2. The largest absolute Gasteiger partial charge is 0.478 e. The summed E-state index contributed by atoms with van der Waals surface area (Å²) < 4.78 is 26.7. The van der Waals surface area contributed by atoms with E-state index >= 15 is 0 Å². The molecule has 0 aromatic carbocycles. The number of carboxylic acid groups (broad SMARTS) is 1. The van der Waals surface area contributed by atoms with Crippen molar-refractivity contribution in [1.29, 1.82) is 0 Å². The van der Waals surface area contributed by atoms with E-state index in [4.69, 9.17) is 5.11 Å². The van der Waals surface area contributed by atoms with Gasteiger partial charge in [-0.15, -0.1) is 0 Å². The van der Waals surface area contributed by atoms with Crippen molar-refractivity contribution in [3.8, 4) is 0 Å². The van der Waals surface area contributed by atoms with E-state index in [1.54, 1.807) is 0 Å². The number of hydrogen-bond acceptors (Lipinski definition) is 4. The first kappa shape index (κ1) is 14.6. The summed E-state index contributed by atoms with van der Waals surface area (Å²) in [6.45, 7) is -0.681. The normalized spacial score (nSPS) is 10.9. The Morgan fingerprint density at radius 1 is 1.43 bits per heavy atom. The lowest BCUT2D eigenvalue weighted by Gasteiger charge is -2.09. The smallest absolute Gasteiger partial charge is 0.339 e. The van der Waals surface area contributed by atoms with Crippen molar-refractivity contribution in [3.63, 3.8) is 0 Å². The molecule has 0 fully saturated rings. The number of alkyl halides is 2. The second kappa shape index (κ2) is 5.69. The Bertz CT molecular complexity index is 679. The van der Waals surface area contributed by atoms with Crippen molar-refractivity contribution >= 4 is 17.7 Å². The van der Waals surface area contributed by atoms with Crippen molar-refractivity contribution in [1.82, 2.24) is 19.6 Å². The van der Waals surface area contributed by atoms with Gasteiger partial charge in [0.15, 0.2) is 0 Å². The predicted molar refractivity (Wildman–Crippen MR) is 66.4 cm³/mol. The topological polar surface area (TPSA) is 102 Å². The summed E-state index contributed by atoms with van der Waals surface area (Å²) >= 11 is 0. The Morgan fingerprint density at radius 3 is 2.76 bits per heavy atom. The van der Waals surface area contributed by atoms with Crippen molar-refractivity contribution < 1.29 is 23.5 Å². The van der Waals surface area contributed by atoms with Gasteiger partial charge >= 0.3 is 5.97 Å². The second-order valence-corrected chi connectivity index (χ2v) is 4.08. The molecular weight excluding hydrogens is 288 g/mol. The lowest BCUT2D eigenvalue weighted by atomic mass is 10.2. The average Bonchev–Trinajstić information content (AvgIpc) is 2.96. The number of carbonyl (C=O) groups excluding carboxylic acids is 1. The number of aryl methyl sites for hydroxylation is 1. The molecule has 0 aliphatic rings. The van der Waals surface area contributed by atoms with Crippen LogP contribution in [0.3, 0.4) is 0 Å². The maximum Gasteiger partial charge on any atom is 0.339 e. The molecule has 0 saturated heterocycles. The highest BCUT2D eigenvalue weighted by Crippen LogP contribution is 2.13. The van der Waals surface area contributed by atoms with Gasteiger partial charge in [0.05, 0.1) is 12.4 Å². The third kappa shape index (κ3) is 3.04. The molecule has 0 saturated carbocycles. The molecule has 0 radical (unpaired) electrons. The SMILES string of the molecule is Cn1ncc(C(=O)O)c1C(=O)Nc1ccnn1CC(F)F. The number of aromatic carboxylic acids is 1. The zero-order chi connectivity index (χ0) is 15.6. The molecule has 0 bridgehead atoms. The lowest BCUT2D eigenvalue weighted by molar-refractivity contribution is 0.0692. The fourth-order valence-corrected chi connectivity index (χ4v) is 1.75. The first-order chi connectivity index (χ1) is 9.90. The van der Waals surface area contributed by atoms with Crippen molar-refractivity contribution in [2.24, 2.45) is 7.05 Å². The van der Waals surface area contributed by atoms with Gasteiger partial charge in [0.2, 0.25) is 0 Å². The van der Waals surface area contributed by atoms with Gasteiger partial charge < -0.3 is 10.4 Å². The molecule has 8 nitrogen and oxygen atoms in total. The lowest BCUT2D eigenvalue weighted by Crippen LogP contribution is -2.22. The monoisotopic (exact) mass is 299 g/mol. The third-order valence-corrected chi connectivity index (χ3v) is 2.65. The van der Waals surface area contributed by atoms with Crippen LogP contribution in [0.4, 0.5) is 14.6 Å². The van der Waals surface area contributed by atoms with Crippen LogP contribution in [-0.2, 0) is 13.6 Å². The predicted octanol–water partition coefficient (Wildman–Crippen LogP) is 0.832. The highest BCUT2D eigenvalue weighted by Gasteiger charge is 2.22. The van der Waals surface area contributed by atoms with Crippen LogP contribution in [-0.4, -0.2) is 43.0 Å². The van der Waals surface area contributed by atoms with E-state index in [9.17, 15) is 18.4 Å². The van der Waals surface area contributed by atoms with Crippen LogP contribution < -0.4 is 5.32 Å². The molecule has 0 unspecified atom stereocenters. The molecule has 10 heteroatoms. The molecule has 21 heavy (non-hydrogen) atoms. The highest BCUT2D eigenvalue weighted by molar-refractivity contribution is 6.09. The zero-order valence-electron chi connectivity index (χ0n) is 10.8. The zero-order valence-corrected chi connectivity index (χ0v) is 10.8. The van der Waals surface area contributed by atoms with Gasteiger partial charge in [0, 0.05) is 13.1 Å². The van der Waals surface area contributed by atoms with E-state index in [1.807, 2.05) is 0 Å². The number of aromatic nitrogens is 4. The van der Waals surface area contributed by atoms with Crippen molar-refractivity contribution in [3.05, 3.63) is 29.7 Å². The van der Waals surface area contributed by atoms with Gasteiger partial charge in [-0.25, -0.2) is 18.3 Å². The number of nitrogens with one attached hydrogen (secondary N) is 1. The third-order valence-electron chi connectivity index (χ3n) is 2.65. The summed E-state index contributed by atoms with van der Waals surface area (Å²) in [5.41, 5.74) is -0.470. The van der Waals surface area contributed by atoms with E-state index in [0.29, 0.717) is 0 Å². The molecule has 112 valence electrons. The Kier molecular flexibility index (Phi) is 3.96. The van der Waals surface area contributed by atoms with Crippen LogP contribution in [0.5, 0.6) is 0 Å². The summed E-state index contributed by atoms with van der Waals surface area (Å²) in [6.07, 6.45) is -0.348. The molecule has 2 aromatic heterocycles. The molecule has 0 atom stereocenters. The van der Waals surface area contributed by atoms with E-state index < -0.39 is 24.8 Å². The van der Waals surface area contributed by atoms with Crippen molar-refractivity contribution in [2.45, 2.75) is 13.0 Å². The number of anilines is 1. The maximum atomic E-state index is 12.4. The summed E-state index contributed by atoms with van der Waals surface area (Å²) in [7, 11) is 1.40. The number of carboxylic acids is 1. The number of hydrogen-bond donors (Lipinski definition) is 2. The molecular formula is C11H11F2N5O3. The molecule has 0 spiro atoms. The van der Waals surface area contributed by atoms with E-state index in [2.05, 4.69) is 15.5 Å². The standard InChI is InChI=1S/C11H11F2N5O3/c1-17-9(6(4-15-17)11(20)21)10(19)16-8-2-3-14-18(8)5-7(12)13/h2-4,7H,5H2,1H3,(H,16,19)(H,20,21). The minimum atomic E-state index is -2.63. The Morgan fingerprint density at radius 2 is 2.14 bits per heavy atom. The van der Waals surface area contributed by atoms with E-state index in [-0.39, 0.29) is 17.1 Å². The van der Waals surface area contributed by atoms with Gasteiger partial charge in [0.25, 0.3) is 12.3 Å². The van der Waals surface area contributed by atoms with Gasteiger partial charge in [-0.3, -0.25) is 9.48 Å². The quantitative estimate of drug-likeness (QED) is 0.851. The molecule has 0 aliphatic carbocycles. The minimum absolute atomic E-state index is 0.0397. The van der Waals surface area contributed by atoms with Crippen LogP contribution in [0.15, 0.2) is 18.5 Å². The average molecular weight is 299 g/mol. The number of rotatable bonds is 5. The van der Waals surface area contributed by atoms with Gasteiger partial charge in [0.1, 0.15) is 23.6 Å². The van der Waals surface area contributed by atoms with Gasteiger partial charge in [-0.05, 0) is 0 Å². The van der Waals surface area contributed by atoms with Crippen LogP contribution in [0.25, 0.3) is 0 Å². The van der Waals surface area contributed by atoms with Crippen LogP contribution >= 0.6 is 0 Å². The van der Waals surface area contributed by atoms with E-state index in [1.165, 1.54) is 19.3 Å². The Balaban J connectivity index is 2.25. The van der Waals surface area contributed by atoms with Crippen LogP contribution in [0.1, 0.15) is 20.8 Å². The number of halogens is 2. The Hall–Kier alpha value is -2.78. The first-order valence-corrected chi connectivity index (χ1v) is 5.76. The molecule has 1 amide bonds. The molecule has 0 aliphatic heterocycles. The summed E-state index contributed by atoms with van der Waals surface area (Å²) in [6, 6.07) is 1.33. The molecule has 2 rings (SSSR count). The second-order valence-electron chi connectivity index (χ2n) is 4.08. The fourth-order valence-electron chi connectivity index (χ4n) is 1.75. The van der Waals surface area contributed by atoms with Gasteiger partial charge in [-0.1, -0.05) is 0 Å². The van der Waals surface area contributed by atoms with Gasteiger partial charge in [-0.2, -0.15) is 10.2 Å². The van der Waals surface area contributed by atoms with Crippen LogP contribution in [0.2, 0.25) is 0 Å². The molecule has 2 N–H and O–H groups in total. The summed E-state index contributed by atoms with van der Waals surface area (Å²) in [5, 5.41) is 18.7. The Labute approximate surface area is 117 Å². The molecule has 2 aromatic rings. The van der Waals surface area contributed by atoms with E-state index in [0.717, 1.165) is 15.6 Å². The maximum absolute atomic E-state index is 12.4. The van der Waals surface area contributed by atoms with Crippen LogP contribution in [0, 0.1) is 0 Å². The fraction of sp³-hybridized carbons (Fsp3) is 0.273.